The number of hydrogen-bond acceptors (Lipinski definition) is 4. The van der Waals surface area contributed by atoms with E-state index in [2.05, 4.69) is 11.2 Å². The molecule has 6 nitrogen and oxygen atoms in total. The smallest absolute Gasteiger partial charge is 0.280 e. The second-order valence-electron chi connectivity index (χ2n) is 5.38. The number of aromatic nitrogens is 2. The Hall–Kier alpha value is -3.30. The minimum atomic E-state index is -0.170. The highest BCUT2D eigenvalue weighted by molar-refractivity contribution is 5.68. The first-order chi connectivity index (χ1) is 11.7. The molecule has 0 fully saturated rings. The van der Waals surface area contributed by atoms with Crippen LogP contribution in [-0.4, -0.2) is 21.7 Å². The van der Waals surface area contributed by atoms with Crippen LogP contribution in [0.5, 0.6) is 0 Å². The third-order valence-corrected chi connectivity index (χ3v) is 3.88. The van der Waals surface area contributed by atoms with Crippen LogP contribution in [0, 0.1) is 11.3 Å². The standard InChI is InChI=1S/C18H17N5O/c1-22-8-4-2-3-5-17(22)23-18(24)16(12-21-23)15-7-6-13(10-19)9-14(15)11-20/h2-9,12,21H,11,20H2,1H3. The molecule has 1 aliphatic heterocycles. The molecule has 3 rings (SSSR count). The summed E-state index contributed by atoms with van der Waals surface area (Å²) in [5.41, 5.74) is 8.16. The number of rotatable bonds is 3. The van der Waals surface area contributed by atoms with Crippen LogP contribution in [0.3, 0.4) is 0 Å². The van der Waals surface area contributed by atoms with Crippen LogP contribution in [0.15, 0.2) is 59.7 Å². The van der Waals surface area contributed by atoms with Gasteiger partial charge in [0.25, 0.3) is 5.56 Å². The van der Waals surface area contributed by atoms with Gasteiger partial charge in [0.15, 0.2) is 0 Å². The van der Waals surface area contributed by atoms with Crippen molar-refractivity contribution in [2.75, 3.05) is 7.05 Å². The Morgan fingerprint density at radius 3 is 2.83 bits per heavy atom. The van der Waals surface area contributed by atoms with E-state index in [1.807, 2.05) is 42.5 Å². The minimum Gasteiger partial charge on any atom is -0.336 e. The summed E-state index contributed by atoms with van der Waals surface area (Å²) in [5.74, 6) is 0.708. The molecule has 0 atom stereocenters. The van der Waals surface area contributed by atoms with E-state index in [-0.39, 0.29) is 12.1 Å². The maximum absolute atomic E-state index is 12.9. The third kappa shape index (κ3) is 2.69. The maximum Gasteiger partial charge on any atom is 0.280 e. The molecule has 3 N–H and O–H groups in total. The average Bonchev–Trinajstić information content (AvgIpc) is 2.84. The van der Waals surface area contributed by atoms with Crippen molar-refractivity contribution in [2.45, 2.75) is 6.54 Å². The predicted molar refractivity (Wildman–Crippen MR) is 93.4 cm³/mol. The predicted octanol–water partition coefficient (Wildman–Crippen LogP) is 1.99. The Balaban J connectivity index is 2.11. The Morgan fingerprint density at radius 2 is 2.08 bits per heavy atom. The van der Waals surface area contributed by atoms with Crippen LogP contribution >= 0.6 is 0 Å². The molecule has 0 bridgehead atoms. The molecule has 0 saturated heterocycles. The Kier molecular flexibility index (Phi) is 4.18. The van der Waals surface area contributed by atoms with E-state index in [4.69, 9.17) is 11.0 Å². The maximum atomic E-state index is 12.9. The van der Waals surface area contributed by atoms with Crippen LogP contribution < -0.4 is 11.3 Å². The summed E-state index contributed by atoms with van der Waals surface area (Å²) in [5, 5.41) is 12.0. The van der Waals surface area contributed by atoms with Gasteiger partial charge in [-0.1, -0.05) is 18.2 Å². The van der Waals surface area contributed by atoms with Gasteiger partial charge in [0.1, 0.15) is 5.82 Å². The van der Waals surface area contributed by atoms with Gasteiger partial charge in [-0.05, 0) is 35.4 Å². The molecular formula is C18H17N5O. The molecule has 0 saturated carbocycles. The number of hydrogen-bond donors (Lipinski definition) is 2. The molecule has 2 heterocycles. The number of H-pyrrole nitrogens is 1. The van der Waals surface area contributed by atoms with Gasteiger partial charge in [0.05, 0.1) is 17.2 Å². The van der Waals surface area contributed by atoms with Crippen LogP contribution in [0.2, 0.25) is 0 Å². The number of aromatic amines is 1. The first-order valence-corrected chi connectivity index (χ1v) is 7.48. The molecular weight excluding hydrogens is 302 g/mol. The van der Waals surface area contributed by atoms with Crippen LogP contribution in [0.1, 0.15) is 11.1 Å². The van der Waals surface area contributed by atoms with Gasteiger partial charge in [-0.3, -0.25) is 9.89 Å². The highest BCUT2D eigenvalue weighted by atomic mass is 16.1. The molecule has 0 spiro atoms. The van der Waals surface area contributed by atoms with Crippen LogP contribution in [0.4, 0.5) is 0 Å². The first-order valence-electron chi connectivity index (χ1n) is 7.48. The van der Waals surface area contributed by atoms with Gasteiger partial charge in [-0.15, -0.1) is 0 Å². The summed E-state index contributed by atoms with van der Waals surface area (Å²) >= 11 is 0. The van der Waals surface area contributed by atoms with Crippen molar-refractivity contribution in [3.63, 3.8) is 0 Å². The number of nitriles is 1. The van der Waals surface area contributed by atoms with Crippen molar-refractivity contribution in [3.05, 3.63) is 76.4 Å². The molecule has 0 amide bonds. The third-order valence-electron chi connectivity index (χ3n) is 3.88. The minimum absolute atomic E-state index is 0.170. The molecule has 0 radical (unpaired) electrons. The lowest BCUT2D eigenvalue weighted by molar-refractivity contribution is 0.586. The summed E-state index contributed by atoms with van der Waals surface area (Å²) in [6, 6.07) is 7.26. The van der Waals surface area contributed by atoms with E-state index in [0.717, 1.165) is 11.1 Å². The van der Waals surface area contributed by atoms with Crippen LogP contribution in [0.25, 0.3) is 16.9 Å². The molecule has 0 unspecified atom stereocenters. The summed E-state index contributed by atoms with van der Waals surface area (Å²) in [4.78, 5) is 14.7. The fourth-order valence-corrected chi connectivity index (χ4v) is 2.64. The highest BCUT2D eigenvalue weighted by Gasteiger charge is 2.16. The second kappa shape index (κ2) is 6.44. The number of nitrogens with zero attached hydrogens (tertiary/aromatic N) is 3. The number of benzene rings is 1. The highest BCUT2D eigenvalue weighted by Crippen LogP contribution is 2.22. The number of allylic oxidation sites excluding steroid dienone is 4. The SMILES string of the molecule is CN1C=CC=CC=C1n1[nH]cc(-c2ccc(C#N)cc2CN)c1=O. The first kappa shape index (κ1) is 15.6. The molecule has 0 aliphatic carbocycles. The molecule has 2 aromatic rings. The van der Waals surface area contributed by atoms with E-state index in [0.29, 0.717) is 16.9 Å². The van der Waals surface area contributed by atoms with Gasteiger partial charge in [-0.25, -0.2) is 4.68 Å². The van der Waals surface area contributed by atoms with Crippen molar-refractivity contribution < 1.29 is 0 Å². The van der Waals surface area contributed by atoms with Crippen molar-refractivity contribution in [2.24, 2.45) is 5.73 Å². The normalized spacial score (nSPS) is 13.5. The fraction of sp³-hybridized carbons (Fsp3) is 0.111. The van der Waals surface area contributed by atoms with Gasteiger partial charge in [-0.2, -0.15) is 5.26 Å². The van der Waals surface area contributed by atoms with E-state index >= 15 is 0 Å². The van der Waals surface area contributed by atoms with Crippen molar-refractivity contribution >= 4 is 5.82 Å². The van der Waals surface area contributed by atoms with Gasteiger partial charge in [0, 0.05) is 26.0 Å². The molecule has 1 aliphatic rings. The molecule has 24 heavy (non-hydrogen) atoms. The largest absolute Gasteiger partial charge is 0.336 e. The fourth-order valence-electron chi connectivity index (χ4n) is 2.64. The lowest BCUT2D eigenvalue weighted by Crippen LogP contribution is -2.24. The molecule has 1 aromatic heterocycles. The summed E-state index contributed by atoms with van der Waals surface area (Å²) < 4.78 is 1.48. The van der Waals surface area contributed by atoms with E-state index in [9.17, 15) is 4.79 Å². The van der Waals surface area contributed by atoms with Crippen molar-refractivity contribution in [1.82, 2.24) is 14.7 Å². The van der Waals surface area contributed by atoms with Crippen molar-refractivity contribution in [3.8, 4) is 17.2 Å². The summed E-state index contributed by atoms with van der Waals surface area (Å²) in [6.45, 7) is 0.254. The van der Waals surface area contributed by atoms with Gasteiger partial charge < -0.3 is 10.6 Å². The monoisotopic (exact) mass is 319 g/mol. The van der Waals surface area contributed by atoms with E-state index < -0.39 is 0 Å². The summed E-state index contributed by atoms with van der Waals surface area (Å²) in [6.07, 6.45) is 11.0. The Morgan fingerprint density at radius 1 is 1.25 bits per heavy atom. The number of nitrogens with two attached hydrogens (primary N) is 1. The average molecular weight is 319 g/mol. The summed E-state index contributed by atoms with van der Waals surface area (Å²) in [7, 11) is 1.87. The molecule has 120 valence electrons. The zero-order valence-electron chi connectivity index (χ0n) is 13.2. The Bertz CT molecular complexity index is 953. The van der Waals surface area contributed by atoms with Gasteiger partial charge >= 0.3 is 0 Å². The number of nitrogens with one attached hydrogen (secondary N) is 1. The van der Waals surface area contributed by atoms with Crippen LogP contribution in [-0.2, 0) is 6.54 Å². The zero-order valence-corrected chi connectivity index (χ0v) is 13.2. The zero-order chi connectivity index (χ0) is 17.1. The topological polar surface area (TPSA) is 90.8 Å². The van der Waals surface area contributed by atoms with Gasteiger partial charge in [0.2, 0.25) is 0 Å². The lowest BCUT2D eigenvalue weighted by Gasteiger charge is -2.17. The molecule has 1 aromatic carbocycles. The van der Waals surface area contributed by atoms with Crippen molar-refractivity contribution in [1.29, 1.82) is 5.26 Å². The molecule has 6 heteroatoms. The lowest BCUT2D eigenvalue weighted by atomic mass is 10.00. The second-order valence-corrected chi connectivity index (χ2v) is 5.38. The van der Waals surface area contributed by atoms with E-state index in [1.54, 1.807) is 24.4 Å². The van der Waals surface area contributed by atoms with E-state index in [1.165, 1.54) is 4.68 Å². The Labute approximate surface area is 139 Å². The quantitative estimate of drug-likeness (QED) is 0.905.